The summed E-state index contributed by atoms with van der Waals surface area (Å²) in [5.74, 6) is 0.521. The van der Waals surface area contributed by atoms with Gasteiger partial charge in [-0.05, 0) is 86.7 Å². The first kappa shape index (κ1) is 17.9. The van der Waals surface area contributed by atoms with Crippen LogP contribution in [-0.2, 0) is 11.2 Å². The minimum absolute atomic E-state index is 0.115. The normalized spacial score (nSPS) is 21.5. The maximum atomic E-state index is 12.5. The van der Waals surface area contributed by atoms with Gasteiger partial charge in [-0.25, -0.2) is 5.43 Å². The molecule has 3 aliphatic rings. The Balaban J connectivity index is 1.47. The third-order valence-electron chi connectivity index (χ3n) is 6.06. The van der Waals surface area contributed by atoms with Crippen molar-refractivity contribution in [3.05, 3.63) is 50.5 Å². The fourth-order valence-corrected chi connectivity index (χ4v) is 5.20. The zero-order valence-corrected chi connectivity index (χ0v) is 17.1. The molecule has 2 aromatic heterocycles. The number of thiophene rings is 1. The molecule has 2 fully saturated rings. The van der Waals surface area contributed by atoms with Crippen molar-refractivity contribution in [1.29, 1.82) is 0 Å². The maximum absolute atomic E-state index is 12.5. The number of hydrogen-bond donors (Lipinski definition) is 2. The predicted molar refractivity (Wildman–Crippen MR) is 114 cm³/mol. The van der Waals surface area contributed by atoms with Crippen LogP contribution in [0.2, 0.25) is 0 Å². The minimum atomic E-state index is -0.115. The first-order valence-corrected chi connectivity index (χ1v) is 11.2. The second kappa shape index (κ2) is 7.33. The first-order valence-electron chi connectivity index (χ1n) is 10.3. The highest BCUT2D eigenvalue weighted by molar-refractivity contribution is 7.12. The highest BCUT2D eigenvalue weighted by Gasteiger charge is 2.32. The van der Waals surface area contributed by atoms with Gasteiger partial charge >= 0.3 is 0 Å². The zero-order chi connectivity index (χ0) is 19.1. The number of H-pyrrole nitrogens is 1. The van der Waals surface area contributed by atoms with Crippen molar-refractivity contribution in [1.82, 2.24) is 15.3 Å². The molecule has 5 nitrogen and oxygen atoms in total. The van der Waals surface area contributed by atoms with Gasteiger partial charge in [0.2, 0.25) is 0 Å². The van der Waals surface area contributed by atoms with Crippen molar-refractivity contribution in [2.45, 2.75) is 44.9 Å². The minimum Gasteiger partial charge on any atom is -0.359 e. The molecular weight excluding hydrogens is 368 g/mol. The second-order valence-corrected chi connectivity index (χ2v) is 9.01. The van der Waals surface area contributed by atoms with Crippen molar-refractivity contribution < 1.29 is 4.79 Å². The van der Waals surface area contributed by atoms with Crippen molar-refractivity contribution in [3.63, 3.8) is 0 Å². The summed E-state index contributed by atoms with van der Waals surface area (Å²) in [4.78, 5) is 19.7. The number of nitrogens with one attached hydrogen (secondary N) is 2. The molecule has 1 aliphatic carbocycles. The van der Waals surface area contributed by atoms with Gasteiger partial charge in [-0.3, -0.25) is 4.79 Å². The lowest BCUT2D eigenvalue weighted by atomic mass is 9.99. The van der Waals surface area contributed by atoms with Crippen LogP contribution in [-0.4, -0.2) is 41.1 Å². The van der Waals surface area contributed by atoms with Crippen LogP contribution in [0.15, 0.2) is 28.2 Å². The predicted octanol–water partition coefficient (Wildman–Crippen LogP) is 3.82. The number of nitrogens with zero attached hydrogens (tertiary/aromatic N) is 2. The second-order valence-electron chi connectivity index (χ2n) is 8.07. The van der Waals surface area contributed by atoms with Gasteiger partial charge in [-0.2, -0.15) is 5.10 Å². The largest absolute Gasteiger partial charge is 0.359 e. The van der Waals surface area contributed by atoms with Crippen molar-refractivity contribution >= 4 is 29.0 Å². The molecule has 0 aromatic carbocycles. The fraction of sp³-hybridized carbons (Fsp3) is 0.455. The van der Waals surface area contributed by atoms with Crippen molar-refractivity contribution in [2.75, 3.05) is 19.6 Å². The van der Waals surface area contributed by atoms with E-state index >= 15 is 0 Å². The van der Waals surface area contributed by atoms with Crippen molar-refractivity contribution in [2.24, 2.45) is 5.10 Å². The molecule has 0 atom stereocenters. The highest BCUT2D eigenvalue weighted by Crippen LogP contribution is 2.45. The van der Waals surface area contributed by atoms with Gasteiger partial charge in [0, 0.05) is 17.9 Å². The maximum Gasteiger partial charge on any atom is 0.273 e. The number of rotatable bonds is 6. The summed E-state index contributed by atoms with van der Waals surface area (Å²) in [6.07, 6.45) is 8.29. The van der Waals surface area contributed by atoms with Gasteiger partial charge in [-0.1, -0.05) is 6.07 Å². The van der Waals surface area contributed by atoms with E-state index < -0.39 is 0 Å². The number of aryl methyl sites for hydroxylation is 1. The zero-order valence-electron chi connectivity index (χ0n) is 16.3. The quantitative estimate of drug-likeness (QED) is 0.732. The lowest BCUT2D eigenvalue weighted by molar-refractivity contribution is -0.116. The summed E-state index contributed by atoms with van der Waals surface area (Å²) >= 11 is 1.61. The molecule has 2 aromatic rings. The third kappa shape index (κ3) is 3.35. The molecule has 0 radical (unpaired) electrons. The number of aromatic amines is 1. The number of aromatic nitrogens is 1. The molecule has 4 heterocycles. The molecule has 5 rings (SSSR count). The average molecular weight is 395 g/mol. The van der Waals surface area contributed by atoms with E-state index in [2.05, 4.69) is 27.3 Å². The van der Waals surface area contributed by atoms with E-state index in [-0.39, 0.29) is 5.91 Å². The van der Waals surface area contributed by atoms with Crippen LogP contribution in [0, 0.1) is 6.92 Å². The summed E-state index contributed by atoms with van der Waals surface area (Å²) < 4.78 is 0. The standard InChI is InChI=1S/C22H26N4OS/c1-14-16(8-11-26-9-2-3-10-26)20(15-6-7-15)18(23-14)13-17-21(24-25-22(17)27)19-5-4-12-28-19/h4-5,12-13,15,23H,2-3,6-11H2,1H3,(H,25,27). The number of carbonyl (C=O) groups excluding carboxylic acids is 1. The van der Waals surface area contributed by atoms with E-state index in [4.69, 9.17) is 0 Å². The Morgan fingerprint density at radius 1 is 1.32 bits per heavy atom. The van der Waals surface area contributed by atoms with Crippen LogP contribution in [0.5, 0.6) is 0 Å². The molecule has 6 heteroatoms. The molecule has 1 amide bonds. The SMILES string of the molecule is Cc1[nH]c(C=C2C(=O)NN=C2c2cccs2)c(C2CC2)c1CCN1CCCC1. The Morgan fingerprint density at radius 3 is 2.86 bits per heavy atom. The van der Waals surface area contributed by atoms with Gasteiger partial charge in [-0.15, -0.1) is 11.3 Å². The molecule has 2 aliphatic heterocycles. The van der Waals surface area contributed by atoms with Gasteiger partial charge in [0.15, 0.2) is 0 Å². The van der Waals surface area contributed by atoms with Crippen LogP contribution >= 0.6 is 11.3 Å². The molecule has 0 bridgehead atoms. The Morgan fingerprint density at radius 2 is 2.14 bits per heavy atom. The van der Waals surface area contributed by atoms with Crippen LogP contribution in [0.4, 0.5) is 0 Å². The fourth-order valence-electron chi connectivity index (χ4n) is 4.47. The van der Waals surface area contributed by atoms with E-state index in [9.17, 15) is 4.79 Å². The summed E-state index contributed by atoms with van der Waals surface area (Å²) in [6, 6.07) is 4.01. The summed E-state index contributed by atoms with van der Waals surface area (Å²) in [7, 11) is 0. The molecule has 0 spiro atoms. The van der Waals surface area contributed by atoms with Gasteiger partial charge in [0.05, 0.1) is 10.5 Å². The van der Waals surface area contributed by atoms with E-state index in [1.54, 1.807) is 11.3 Å². The number of hydrazone groups is 1. The molecule has 1 saturated carbocycles. The smallest absolute Gasteiger partial charge is 0.273 e. The number of hydrogen-bond acceptors (Lipinski definition) is 4. The monoisotopic (exact) mass is 394 g/mol. The van der Waals surface area contributed by atoms with E-state index in [1.165, 1.54) is 55.6 Å². The summed E-state index contributed by atoms with van der Waals surface area (Å²) in [6.45, 7) is 5.78. The summed E-state index contributed by atoms with van der Waals surface area (Å²) in [5.41, 5.74) is 9.33. The number of carbonyl (C=O) groups is 1. The highest BCUT2D eigenvalue weighted by atomic mass is 32.1. The third-order valence-corrected chi connectivity index (χ3v) is 6.94. The van der Waals surface area contributed by atoms with Gasteiger partial charge < -0.3 is 9.88 Å². The average Bonchev–Trinajstić information content (AvgIpc) is 3.10. The van der Waals surface area contributed by atoms with Crippen LogP contribution in [0.25, 0.3) is 6.08 Å². The molecule has 2 N–H and O–H groups in total. The van der Waals surface area contributed by atoms with Gasteiger partial charge in [0.1, 0.15) is 5.71 Å². The Labute approximate surface area is 169 Å². The van der Waals surface area contributed by atoms with Gasteiger partial charge in [0.25, 0.3) is 5.91 Å². The lowest BCUT2D eigenvalue weighted by Gasteiger charge is -2.15. The molecular formula is C22H26N4OS. The number of amides is 1. The molecule has 1 saturated heterocycles. The van der Waals surface area contributed by atoms with Crippen LogP contribution in [0.3, 0.4) is 0 Å². The Bertz CT molecular complexity index is 944. The molecule has 28 heavy (non-hydrogen) atoms. The topological polar surface area (TPSA) is 60.5 Å². The molecule has 0 unspecified atom stereocenters. The lowest BCUT2D eigenvalue weighted by Crippen LogP contribution is -2.22. The number of likely N-dealkylation sites (tertiary alicyclic amines) is 1. The van der Waals surface area contributed by atoms with E-state index in [1.807, 2.05) is 23.6 Å². The van der Waals surface area contributed by atoms with Crippen molar-refractivity contribution in [3.8, 4) is 0 Å². The molecule has 146 valence electrons. The van der Waals surface area contributed by atoms with Crippen LogP contribution < -0.4 is 5.43 Å². The Hall–Kier alpha value is -2.18. The van der Waals surface area contributed by atoms with E-state index in [0.717, 1.165) is 29.2 Å². The van der Waals surface area contributed by atoms with Crippen LogP contribution in [0.1, 0.15) is 59.0 Å². The van der Waals surface area contributed by atoms with E-state index in [0.29, 0.717) is 11.5 Å². The Kier molecular flexibility index (Phi) is 4.69. The first-order chi connectivity index (χ1) is 13.7. The summed E-state index contributed by atoms with van der Waals surface area (Å²) in [5, 5.41) is 6.30.